The molecular weight excluding hydrogens is 414 g/mol. The maximum Gasteiger partial charge on any atom is 0.274 e. The number of nitrogens with zero attached hydrogens (tertiary/aromatic N) is 4. The summed E-state index contributed by atoms with van der Waals surface area (Å²) in [6, 6.07) is 23.0. The average molecular weight is 435 g/mol. The third-order valence-corrected chi connectivity index (χ3v) is 5.51. The number of nitrogens with one attached hydrogen (secondary N) is 1. The fraction of sp³-hybridized carbons (Fsp3) is 0.115. The van der Waals surface area contributed by atoms with Gasteiger partial charge in [-0.2, -0.15) is 5.10 Å². The van der Waals surface area contributed by atoms with Gasteiger partial charge in [-0.05, 0) is 42.3 Å². The van der Waals surface area contributed by atoms with Gasteiger partial charge in [0.15, 0.2) is 5.65 Å². The van der Waals surface area contributed by atoms with Crippen LogP contribution in [0.3, 0.4) is 0 Å². The molecule has 0 fully saturated rings. The van der Waals surface area contributed by atoms with Crippen LogP contribution in [0.4, 0.5) is 5.82 Å². The monoisotopic (exact) mass is 435 g/mol. The summed E-state index contributed by atoms with van der Waals surface area (Å²) in [5, 5.41) is 9.26. The van der Waals surface area contributed by atoms with E-state index in [0.29, 0.717) is 27.9 Å². The minimum Gasteiger partial charge on any atom is -0.310 e. The van der Waals surface area contributed by atoms with Gasteiger partial charge in [0.1, 0.15) is 5.82 Å². The number of amides is 1. The molecule has 7 nitrogen and oxygen atoms in total. The van der Waals surface area contributed by atoms with Gasteiger partial charge in [-0.25, -0.2) is 14.6 Å². The number of aromatic nitrogens is 4. The van der Waals surface area contributed by atoms with Gasteiger partial charge in [0.25, 0.3) is 5.56 Å². The van der Waals surface area contributed by atoms with E-state index < -0.39 is 0 Å². The van der Waals surface area contributed by atoms with Crippen molar-refractivity contribution in [2.24, 2.45) is 7.05 Å². The van der Waals surface area contributed by atoms with Crippen molar-refractivity contribution < 1.29 is 4.79 Å². The number of carbonyl (C=O) groups is 1. The highest BCUT2D eigenvalue weighted by Gasteiger charge is 2.14. The van der Waals surface area contributed by atoms with Crippen LogP contribution in [0.15, 0.2) is 77.6 Å². The van der Waals surface area contributed by atoms with E-state index in [4.69, 9.17) is 0 Å². The van der Waals surface area contributed by atoms with E-state index in [1.165, 1.54) is 4.68 Å². The second kappa shape index (κ2) is 8.27. The van der Waals surface area contributed by atoms with E-state index in [1.807, 2.05) is 55.5 Å². The Kier molecular flexibility index (Phi) is 5.14. The lowest BCUT2D eigenvalue weighted by Gasteiger charge is -2.11. The number of hydrogen-bond acceptors (Lipinski definition) is 5. The summed E-state index contributed by atoms with van der Waals surface area (Å²) in [5.74, 6) is 0.146. The molecule has 7 heteroatoms. The van der Waals surface area contributed by atoms with Crippen molar-refractivity contribution in [3.63, 3.8) is 0 Å². The number of hydrogen-bond donors (Lipinski definition) is 1. The summed E-state index contributed by atoms with van der Waals surface area (Å²) >= 11 is 0. The Morgan fingerprint density at radius 3 is 2.42 bits per heavy atom. The summed E-state index contributed by atoms with van der Waals surface area (Å²) in [6.45, 7) is 1.93. The molecule has 3 heterocycles. The molecule has 0 unspecified atom stereocenters. The summed E-state index contributed by atoms with van der Waals surface area (Å²) in [6.07, 6.45) is 0.0187. The average Bonchev–Trinajstić information content (AvgIpc) is 2.82. The minimum atomic E-state index is -0.269. The van der Waals surface area contributed by atoms with Gasteiger partial charge in [0.2, 0.25) is 5.91 Å². The predicted molar refractivity (Wildman–Crippen MR) is 129 cm³/mol. The first-order valence-electron chi connectivity index (χ1n) is 10.6. The molecule has 5 rings (SSSR count). The Balaban J connectivity index is 1.46. The van der Waals surface area contributed by atoms with E-state index in [-0.39, 0.29) is 17.9 Å². The SMILES string of the molecule is Cc1cc(-c2ccccc2)c2ccc(NC(=O)Cc3nn(C)c(=O)c4ccccc34)nc2n1. The number of aryl methyl sites for hydroxylation is 2. The molecule has 0 saturated heterocycles. The normalized spacial score (nSPS) is 11.1. The molecule has 0 aliphatic rings. The van der Waals surface area contributed by atoms with Crippen molar-refractivity contribution >= 4 is 33.5 Å². The molecule has 0 saturated carbocycles. The third kappa shape index (κ3) is 3.96. The van der Waals surface area contributed by atoms with Gasteiger partial charge in [-0.3, -0.25) is 9.59 Å². The molecule has 0 aliphatic heterocycles. The number of anilines is 1. The summed E-state index contributed by atoms with van der Waals surface area (Å²) in [4.78, 5) is 34.3. The molecule has 1 amide bonds. The zero-order valence-electron chi connectivity index (χ0n) is 18.2. The lowest BCUT2D eigenvalue weighted by atomic mass is 10.0. The van der Waals surface area contributed by atoms with E-state index in [0.717, 1.165) is 22.2 Å². The van der Waals surface area contributed by atoms with Crippen LogP contribution >= 0.6 is 0 Å². The lowest BCUT2D eigenvalue weighted by molar-refractivity contribution is -0.115. The Morgan fingerprint density at radius 2 is 1.64 bits per heavy atom. The van der Waals surface area contributed by atoms with Gasteiger partial charge >= 0.3 is 0 Å². The Labute approximate surface area is 189 Å². The topological polar surface area (TPSA) is 89.8 Å². The van der Waals surface area contributed by atoms with Crippen LogP contribution in [0.25, 0.3) is 32.9 Å². The first kappa shape index (κ1) is 20.5. The molecule has 0 atom stereocenters. The smallest absolute Gasteiger partial charge is 0.274 e. The van der Waals surface area contributed by atoms with Crippen LogP contribution < -0.4 is 10.9 Å². The maximum absolute atomic E-state index is 12.8. The Bertz CT molecular complexity index is 1580. The van der Waals surface area contributed by atoms with Crippen molar-refractivity contribution in [3.05, 3.63) is 94.5 Å². The van der Waals surface area contributed by atoms with Gasteiger partial charge in [-0.1, -0.05) is 48.5 Å². The van der Waals surface area contributed by atoms with E-state index in [1.54, 1.807) is 31.3 Å². The van der Waals surface area contributed by atoms with Crippen LogP contribution in [-0.4, -0.2) is 25.7 Å². The molecular formula is C26H21N5O2. The van der Waals surface area contributed by atoms with Crippen molar-refractivity contribution in [2.45, 2.75) is 13.3 Å². The Morgan fingerprint density at radius 1 is 0.909 bits per heavy atom. The molecule has 5 aromatic rings. The second-order valence-electron chi connectivity index (χ2n) is 7.89. The predicted octanol–water partition coefficient (Wildman–Crippen LogP) is 4.03. The summed E-state index contributed by atoms with van der Waals surface area (Å²) in [5.41, 5.74) is 3.88. The minimum absolute atomic E-state index is 0.0187. The van der Waals surface area contributed by atoms with Crippen molar-refractivity contribution in [1.82, 2.24) is 19.7 Å². The van der Waals surface area contributed by atoms with Crippen LogP contribution in [0, 0.1) is 6.92 Å². The van der Waals surface area contributed by atoms with E-state index >= 15 is 0 Å². The number of carbonyl (C=O) groups excluding carboxylic acids is 1. The zero-order valence-corrected chi connectivity index (χ0v) is 18.2. The largest absolute Gasteiger partial charge is 0.310 e. The van der Waals surface area contributed by atoms with Crippen LogP contribution in [0.5, 0.6) is 0 Å². The molecule has 33 heavy (non-hydrogen) atoms. The highest BCUT2D eigenvalue weighted by molar-refractivity contribution is 5.97. The van der Waals surface area contributed by atoms with Gasteiger partial charge in [-0.15, -0.1) is 0 Å². The lowest BCUT2D eigenvalue weighted by Crippen LogP contribution is -2.24. The summed E-state index contributed by atoms with van der Waals surface area (Å²) < 4.78 is 1.26. The van der Waals surface area contributed by atoms with E-state index in [2.05, 4.69) is 20.4 Å². The fourth-order valence-electron chi connectivity index (χ4n) is 4.00. The highest BCUT2D eigenvalue weighted by atomic mass is 16.2. The Hall–Kier alpha value is -4.39. The first-order valence-corrected chi connectivity index (χ1v) is 10.6. The molecule has 0 bridgehead atoms. The highest BCUT2D eigenvalue weighted by Crippen LogP contribution is 2.28. The van der Waals surface area contributed by atoms with Crippen molar-refractivity contribution in [2.75, 3.05) is 5.32 Å². The van der Waals surface area contributed by atoms with Crippen molar-refractivity contribution in [3.8, 4) is 11.1 Å². The molecule has 0 spiro atoms. The van der Waals surface area contributed by atoms with Crippen LogP contribution in [0.2, 0.25) is 0 Å². The van der Waals surface area contributed by atoms with Gasteiger partial charge in [0.05, 0.1) is 17.5 Å². The van der Waals surface area contributed by atoms with E-state index in [9.17, 15) is 9.59 Å². The number of fused-ring (bicyclic) bond motifs is 2. The summed E-state index contributed by atoms with van der Waals surface area (Å²) in [7, 11) is 1.58. The van der Waals surface area contributed by atoms with Crippen molar-refractivity contribution in [1.29, 1.82) is 0 Å². The maximum atomic E-state index is 12.8. The number of rotatable bonds is 4. The standard InChI is InChI=1S/C26H21N5O2/c1-16-14-21(17-8-4-3-5-9-17)19-12-13-23(29-25(19)27-16)28-24(32)15-22-18-10-6-7-11-20(18)26(33)31(2)30-22/h3-14H,15H2,1-2H3,(H,27,28,29,32). The molecule has 3 aromatic heterocycles. The van der Waals surface area contributed by atoms with Crippen LogP contribution in [0.1, 0.15) is 11.4 Å². The van der Waals surface area contributed by atoms with Gasteiger partial charge < -0.3 is 5.32 Å². The quantitative estimate of drug-likeness (QED) is 0.460. The fourth-order valence-corrected chi connectivity index (χ4v) is 4.00. The second-order valence-corrected chi connectivity index (χ2v) is 7.89. The zero-order chi connectivity index (χ0) is 22.9. The van der Waals surface area contributed by atoms with Gasteiger partial charge in [0, 0.05) is 23.5 Å². The number of pyridine rings is 2. The molecule has 0 aliphatic carbocycles. The van der Waals surface area contributed by atoms with Crippen LogP contribution in [-0.2, 0) is 18.3 Å². The third-order valence-electron chi connectivity index (χ3n) is 5.51. The first-order chi connectivity index (χ1) is 16.0. The molecule has 2 aromatic carbocycles. The molecule has 0 radical (unpaired) electrons. The molecule has 162 valence electrons. The number of benzene rings is 2. The molecule has 1 N–H and O–H groups in total.